The maximum Gasteiger partial charge on any atom is 0.231 e. The molecular formula is C17H25NO3. The van der Waals surface area contributed by atoms with Gasteiger partial charge in [-0.3, -0.25) is 0 Å². The molecule has 0 bridgehead atoms. The predicted molar refractivity (Wildman–Crippen MR) is 82.1 cm³/mol. The van der Waals surface area contributed by atoms with Crippen molar-refractivity contribution in [2.24, 2.45) is 5.92 Å². The fourth-order valence-electron chi connectivity index (χ4n) is 3.15. The molecule has 0 spiro atoms. The number of hydrogen-bond donors (Lipinski definition) is 1. The van der Waals surface area contributed by atoms with Crippen molar-refractivity contribution in [3.63, 3.8) is 0 Å². The number of hydrogen-bond acceptors (Lipinski definition) is 4. The van der Waals surface area contributed by atoms with Crippen LogP contribution in [0.4, 0.5) is 0 Å². The number of fused-ring (bicyclic) bond motifs is 1. The van der Waals surface area contributed by atoms with E-state index in [-0.39, 0.29) is 6.10 Å². The van der Waals surface area contributed by atoms with Gasteiger partial charge in [-0.1, -0.05) is 13.8 Å². The lowest BCUT2D eigenvalue weighted by Crippen LogP contribution is -2.47. The summed E-state index contributed by atoms with van der Waals surface area (Å²) in [5, 5.41) is 3.63. The van der Waals surface area contributed by atoms with Gasteiger partial charge >= 0.3 is 0 Å². The standard InChI is InChI=1S/C17H25NO3/c1-3-8-18-14-6-4-12(2)9-16(14)21-13-5-7-15-17(10-13)20-11-19-15/h5,7,10,12,14,16,18H,3-4,6,8-9,11H2,1-2H3. The molecule has 0 radical (unpaired) electrons. The summed E-state index contributed by atoms with van der Waals surface area (Å²) < 4.78 is 17.0. The first kappa shape index (κ1) is 14.5. The van der Waals surface area contributed by atoms with Gasteiger partial charge in [-0.15, -0.1) is 0 Å². The van der Waals surface area contributed by atoms with Gasteiger partial charge in [0, 0.05) is 12.1 Å². The largest absolute Gasteiger partial charge is 0.489 e. The van der Waals surface area contributed by atoms with E-state index >= 15 is 0 Å². The average Bonchev–Trinajstić information content (AvgIpc) is 2.94. The zero-order chi connectivity index (χ0) is 14.7. The van der Waals surface area contributed by atoms with E-state index in [1.54, 1.807) is 0 Å². The Morgan fingerprint density at radius 1 is 1.24 bits per heavy atom. The summed E-state index contributed by atoms with van der Waals surface area (Å²) in [6.45, 7) is 5.87. The zero-order valence-electron chi connectivity index (χ0n) is 12.9. The van der Waals surface area contributed by atoms with Crippen molar-refractivity contribution in [2.75, 3.05) is 13.3 Å². The van der Waals surface area contributed by atoms with Gasteiger partial charge in [0.05, 0.1) is 0 Å². The first-order valence-corrected chi connectivity index (χ1v) is 8.06. The van der Waals surface area contributed by atoms with Crippen molar-refractivity contribution in [2.45, 2.75) is 51.7 Å². The third-order valence-corrected chi connectivity index (χ3v) is 4.34. The van der Waals surface area contributed by atoms with Crippen molar-refractivity contribution < 1.29 is 14.2 Å². The second-order valence-electron chi connectivity index (χ2n) is 6.15. The summed E-state index contributed by atoms with van der Waals surface area (Å²) in [5.74, 6) is 3.19. The fourth-order valence-corrected chi connectivity index (χ4v) is 3.15. The lowest BCUT2D eigenvalue weighted by atomic mass is 9.85. The van der Waals surface area contributed by atoms with Gasteiger partial charge in [0.25, 0.3) is 0 Å². The van der Waals surface area contributed by atoms with E-state index in [0.29, 0.717) is 12.8 Å². The van der Waals surface area contributed by atoms with Crippen LogP contribution >= 0.6 is 0 Å². The van der Waals surface area contributed by atoms with Crippen molar-refractivity contribution in [1.29, 1.82) is 0 Å². The smallest absolute Gasteiger partial charge is 0.231 e. The van der Waals surface area contributed by atoms with E-state index in [1.165, 1.54) is 12.8 Å². The Kier molecular flexibility index (Phi) is 4.54. The molecule has 1 aromatic rings. The monoisotopic (exact) mass is 291 g/mol. The normalized spacial score (nSPS) is 27.6. The van der Waals surface area contributed by atoms with Crippen LogP contribution in [-0.2, 0) is 0 Å². The Balaban J connectivity index is 1.68. The molecule has 4 heteroatoms. The summed E-state index contributed by atoms with van der Waals surface area (Å²) in [4.78, 5) is 0. The van der Waals surface area contributed by atoms with Crippen molar-refractivity contribution in [3.8, 4) is 17.2 Å². The van der Waals surface area contributed by atoms with Crippen LogP contribution in [0.25, 0.3) is 0 Å². The lowest BCUT2D eigenvalue weighted by Gasteiger charge is -2.35. The van der Waals surface area contributed by atoms with Gasteiger partial charge in [-0.05, 0) is 50.3 Å². The van der Waals surface area contributed by atoms with Crippen LogP contribution < -0.4 is 19.5 Å². The summed E-state index contributed by atoms with van der Waals surface area (Å²) >= 11 is 0. The molecule has 0 aromatic heterocycles. The molecule has 0 amide bonds. The molecule has 1 aromatic carbocycles. The van der Waals surface area contributed by atoms with Crippen LogP contribution in [0.5, 0.6) is 17.2 Å². The molecule has 1 N–H and O–H groups in total. The number of rotatable bonds is 5. The summed E-state index contributed by atoms with van der Waals surface area (Å²) in [7, 11) is 0. The second-order valence-corrected chi connectivity index (χ2v) is 6.15. The topological polar surface area (TPSA) is 39.7 Å². The lowest BCUT2D eigenvalue weighted by molar-refractivity contribution is 0.0906. The van der Waals surface area contributed by atoms with Gasteiger partial charge in [0.2, 0.25) is 6.79 Å². The number of benzene rings is 1. The molecule has 1 heterocycles. The Morgan fingerprint density at radius 3 is 2.95 bits per heavy atom. The van der Waals surface area contributed by atoms with Crippen LogP contribution in [0.3, 0.4) is 0 Å². The molecule has 4 nitrogen and oxygen atoms in total. The van der Waals surface area contributed by atoms with Gasteiger partial charge in [-0.25, -0.2) is 0 Å². The average molecular weight is 291 g/mol. The highest BCUT2D eigenvalue weighted by Crippen LogP contribution is 2.36. The van der Waals surface area contributed by atoms with Crippen LogP contribution in [-0.4, -0.2) is 25.5 Å². The minimum atomic E-state index is 0.237. The van der Waals surface area contributed by atoms with E-state index in [0.717, 1.165) is 42.6 Å². The minimum absolute atomic E-state index is 0.237. The Bertz CT molecular complexity index is 475. The summed E-state index contributed by atoms with van der Waals surface area (Å²) in [6.07, 6.45) is 4.97. The van der Waals surface area contributed by atoms with E-state index in [1.807, 2.05) is 18.2 Å². The first-order valence-electron chi connectivity index (χ1n) is 8.06. The van der Waals surface area contributed by atoms with Crippen molar-refractivity contribution >= 4 is 0 Å². The molecule has 1 aliphatic heterocycles. The zero-order valence-corrected chi connectivity index (χ0v) is 12.9. The third-order valence-electron chi connectivity index (χ3n) is 4.34. The maximum atomic E-state index is 6.26. The van der Waals surface area contributed by atoms with E-state index in [2.05, 4.69) is 19.2 Å². The Morgan fingerprint density at radius 2 is 2.10 bits per heavy atom. The molecule has 0 saturated heterocycles. The molecule has 3 atom stereocenters. The van der Waals surface area contributed by atoms with Crippen molar-refractivity contribution in [1.82, 2.24) is 5.32 Å². The molecule has 1 fully saturated rings. The molecular weight excluding hydrogens is 266 g/mol. The number of nitrogens with one attached hydrogen (secondary N) is 1. The molecule has 2 aliphatic rings. The summed E-state index contributed by atoms with van der Waals surface area (Å²) in [5.41, 5.74) is 0. The van der Waals surface area contributed by atoms with Gasteiger partial charge in [0.1, 0.15) is 11.9 Å². The molecule has 3 unspecified atom stereocenters. The first-order chi connectivity index (χ1) is 10.3. The van der Waals surface area contributed by atoms with Crippen LogP contribution in [0.2, 0.25) is 0 Å². The Hall–Kier alpha value is -1.42. The van der Waals surface area contributed by atoms with Gasteiger partial charge in [-0.2, -0.15) is 0 Å². The molecule has 1 saturated carbocycles. The van der Waals surface area contributed by atoms with Gasteiger partial charge in [0.15, 0.2) is 11.5 Å². The summed E-state index contributed by atoms with van der Waals surface area (Å²) in [6, 6.07) is 6.30. The molecule has 116 valence electrons. The molecule has 3 rings (SSSR count). The van der Waals surface area contributed by atoms with Crippen LogP contribution in [0.1, 0.15) is 39.5 Å². The second kappa shape index (κ2) is 6.56. The van der Waals surface area contributed by atoms with Crippen LogP contribution in [0.15, 0.2) is 18.2 Å². The van der Waals surface area contributed by atoms with Crippen LogP contribution in [0, 0.1) is 5.92 Å². The minimum Gasteiger partial charge on any atom is -0.489 e. The fraction of sp³-hybridized carbons (Fsp3) is 0.647. The van der Waals surface area contributed by atoms with Crippen molar-refractivity contribution in [3.05, 3.63) is 18.2 Å². The molecule has 21 heavy (non-hydrogen) atoms. The van der Waals surface area contributed by atoms with E-state index < -0.39 is 0 Å². The predicted octanol–water partition coefficient (Wildman–Crippen LogP) is 3.35. The van der Waals surface area contributed by atoms with E-state index in [4.69, 9.17) is 14.2 Å². The third kappa shape index (κ3) is 3.43. The van der Waals surface area contributed by atoms with Gasteiger partial charge < -0.3 is 19.5 Å². The molecule has 1 aliphatic carbocycles. The highest BCUT2D eigenvalue weighted by molar-refractivity contribution is 5.46. The highest BCUT2D eigenvalue weighted by atomic mass is 16.7. The highest BCUT2D eigenvalue weighted by Gasteiger charge is 2.30. The number of ether oxygens (including phenoxy) is 3. The maximum absolute atomic E-state index is 6.26. The SMILES string of the molecule is CCCNC1CCC(C)CC1Oc1ccc2c(c1)OCO2. The Labute approximate surface area is 126 Å². The quantitative estimate of drug-likeness (QED) is 0.903. The van der Waals surface area contributed by atoms with E-state index in [9.17, 15) is 0 Å².